The third-order valence-electron chi connectivity index (χ3n) is 2.60. The van der Waals surface area contributed by atoms with Gasteiger partial charge in [-0.15, -0.1) is 0 Å². The van der Waals surface area contributed by atoms with Crippen LogP contribution in [0, 0.1) is 0 Å². The normalized spacial score (nSPS) is 15.0. The Kier molecular flexibility index (Phi) is 6.32. The molecule has 1 aromatic carbocycles. The number of carbonyl (C=O) groups excluding carboxylic acids is 1. The van der Waals surface area contributed by atoms with Gasteiger partial charge in [0.25, 0.3) is 0 Å². The zero-order valence-electron chi connectivity index (χ0n) is 11.7. The topological polar surface area (TPSA) is 118 Å². The molecule has 8 nitrogen and oxygen atoms in total. The standard InChI is InChI=1S/C11H14BO8.Na/c1-17-4-5-18-7-2-3-8-10(9(7)11(13)14)20-12(15,16)6-19-8;/h2-3,15-16H,4-6H2,1H3,(H,13,14);/q-1;+1/p-1. The average Bonchev–Trinajstić information content (AvgIpc) is 2.37. The van der Waals surface area contributed by atoms with Gasteiger partial charge in [-0.1, -0.05) is 0 Å². The van der Waals surface area contributed by atoms with Crippen molar-refractivity contribution >= 4 is 12.7 Å². The van der Waals surface area contributed by atoms with E-state index in [0.29, 0.717) is 0 Å². The predicted octanol–water partition coefficient (Wildman–Crippen LogP) is -4.69. The fourth-order valence-corrected chi connectivity index (χ4v) is 1.75. The minimum Gasteiger partial charge on any atom is -0.665 e. The van der Waals surface area contributed by atoms with Gasteiger partial charge in [-0.2, -0.15) is 0 Å². The maximum absolute atomic E-state index is 11.2. The molecule has 0 saturated carbocycles. The summed E-state index contributed by atoms with van der Waals surface area (Å²) in [4.78, 5) is 11.2. The zero-order valence-corrected chi connectivity index (χ0v) is 13.7. The summed E-state index contributed by atoms with van der Waals surface area (Å²) in [6, 6.07) is 2.78. The van der Waals surface area contributed by atoms with Crippen molar-refractivity contribution in [3.05, 3.63) is 17.7 Å². The van der Waals surface area contributed by atoms with Crippen molar-refractivity contribution in [2.75, 3.05) is 26.8 Å². The van der Waals surface area contributed by atoms with Crippen molar-refractivity contribution in [2.45, 2.75) is 0 Å². The van der Waals surface area contributed by atoms with Gasteiger partial charge in [-0.25, -0.2) is 0 Å². The number of methoxy groups -OCH3 is 1. The minimum absolute atomic E-state index is 0. The molecule has 21 heavy (non-hydrogen) atoms. The third-order valence-corrected chi connectivity index (χ3v) is 2.60. The first kappa shape index (κ1) is 18.1. The van der Waals surface area contributed by atoms with E-state index in [1.165, 1.54) is 19.2 Å². The number of fused-ring (bicyclic) bond motifs is 1. The smallest absolute Gasteiger partial charge is 0.665 e. The number of carbonyl (C=O) groups is 1. The maximum Gasteiger partial charge on any atom is 1.00 e. The van der Waals surface area contributed by atoms with E-state index in [1.54, 1.807) is 0 Å². The summed E-state index contributed by atoms with van der Waals surface area (Å²) in [6.45, 7) is -3.38. The Morgan fingerprint density at radius 2 is 2.14 bits per heavy atom. The van der Waals surface area contributed by atoms with Crippen molar-refractivity contribution in [1.82, 2.24) is 0 Å². The number of aromatic carboxylic acids is 1. The molecule has 0 aromatic heterocycles. The summed E-state index contributed by atoms with van der Waals surface area (Å²) >= 11 is 0. The molecule has 0 unspecified atom stereocenters. The summed E-state index contributed by atoms with van der Waals surface area (Å²) in [6.07, 6.45) is 0. The van der Waals surface area contributed by atoms with Gasteiger partial charge in [0.15, 0.2) is 5.75 Å². The van der Waals surface area contributed by atoms with Gasteiger partial charge in [0, 0.05) is 7.11 Å². The Labute approximate surface area is 142 Å². The molecule has 1 aromatic rings. The molecule has 2 N–H and O–H groups in total. The van der Waals surface area contributed by atoms with Crippen LogP contribution in [0.4, 0.5) is 0 Å². The van der Waals surface area contributed by atoms with Crippen LogP contribution < -0.4 is 48.8 Å². The molecule has 1 heterocycles. The number of rotatable bonds is 5. The fourth-order valence-electron chi connectivity index (χ4n) is 1.75. The van der Waals surface area contributed by atoms with Gasteiger partial charge in [-0.3, -0.25) is 0 Å². The summed E-state index contributed by atoms with van der Waals surface area (Å²) in [7, 11) is 1.47. The van der Waals surface area contributed by atoms with Crippen LogP contribution in [0.15, 0.2) is 12.1 Å². The van der Waals surface area contributed by atoms with E-state index >= 15 is 0 Å². The first-order chi connectivity index (χ1) is 9.44. The Morgan fingerprint density at radius 3 is 2.76 bits per heavy atom. The van der Waals surface area contributed by atoms with E-state index in [-0.39, 0.29) is 60.0 Å². The zero-order chi connectivity index (χ0) is 14.8. The average molecular weight is 307 g/mol. The van der Waals surface area contributed by atoms with Crippen molar-refractivity contribution in [3.8, 4) is 17.2 Å². The van der Waals surface area contributed by atoms with Crippen LogP contribution in [0.2, 0.25) is 0 Å². The molecule has 0 spiro atoms. The molecule has 0 saturated heterocycles. The van der Waals surface area contributed by atoms with Crippen LogP contribution in [0.1, 0.15) is 10.4 Å². The molecule has 0 radical (unpaired) electrons. The second-order valence-corrected chi connectivity index (χ2v) is 4.18. The Bertz CT molecular complexity index is 521. The summed E-state index contributed by atoms with van der Waals surface area (Å²) in [5.41, 5.74) is -0.437. The van der Waals surface area contributed by atoms with Crippen molar-refractivity contribution in [2.24, 2.45) is 0 Å². The van der Waals surface area contributed by atoms with Crippen LogP contribution >= 0.6 is 0 Å². The van der Waals surface area contributed by atoms with E-state index in [9.17, 15) is 19.9 Å². The van der Waals surface area contributed by atoms with E-state index in [0.717, 1.165) is 0 Å². The molecule has 1 aliphatic heterocycles. The molecule has 0 atom stereocenters. The van der Waals surface area contributed by atoms with Gasteiger partial charge in [0.2, 0.25) is 0 Å². The molecule has 0 bridgehead atoms. The number of hydrogen-bond acceptors (Lipinski definition) is 8. The fraction of sp³-hybridized carbons (Fsp3) is 0.364. The number of carboxylic acids is 1. The Balaban J connectivity index is 0.00000220. The Hall–Kier alpha value is -0.965. The van der Waals surface area contributed by atoms with Crippen LogP contribution in [0.5, 0.6) is 17.2 Å². The van der Waals surface area contributed by atoms with Gasteiger partial charge >= 0.3 is 36.3 Å². The molecular formula is C11H13BNaO8-. The first-order valence-electron chi connectivity index (χ1n) is 5.87. The maximum atomic E-state index is 11.2. The second kappa shape index (κ2) is 7.34. The van der Waals surface area contributed by atoms with Gasteiger partial charge in [-0.05, 0) is 12.1 Å². The predicted molar refractivity (Wildman–Crippen MR) is 64.5 cm³/mol. The monoisotopic (exact) mass is 307 g/mol. The molecule has 0 aliphatic carbocycles. The van der Waals surface area contributed by atoms with E-state index in [2.05, 4.69) is 0 Å². The van der Waals surface area contributed by atoms with Crippen LogP contribution in [0.25, 0.3) is 0 Å². The largest absolute Gasteiger partial charge is 1.00 e. The van der Waals surface area contributed by atoms with Crippen molar-refractivity contribution < 1.29 is 68.4 Å². The molecule has 2 rings (SSSR count). The molecule has 0 fully saturated rings. The molecule has 110 valence electrons. The van der Waals surface area contributed by atoms with Crippen molar-refractivity contribution in [1.29, 1.82) is 0 Å². The van der Waals surface area contributed by atoms with Gasteiger partial charge in [0.1, 0.15) is 18.1 Å². The Morgan fingerprint density at radius 1 is 1.43 bits per heavy atom. The SMILES string of the molecule is COCCOc1ccc2c(c1C(=O)[O-])O[B-](O)(O)CO2.[Na+]. The van der Waals surface area contributed by atoms with Gasteiger partial charge in [0.05, 0.1) is 24.6 Å². The number of ether oxygens (including phenoxy) is 3. The molecule has 0 amide bonds. The van der Waals surface area contributed by atoms with Crippen LogP contribution in [0.3, 0.4) is 0 Å². The first-order valence-corrected chi connectivity index (χ1v) is 5.87. The molecule has 1 aliphatic rings. The summed E-state index contributed by atoms with van der Waals surface area (Å²) < 4.78 is 19.9. The van der Waals surface area contributed by atoms with Crippen LogP contribution in [-0.4, -0.2) is 49.6 Å². The quantitative estimate of drug-likeness (QED) is 0.412. The van der Waals surface area contributed by atoms with Gasteiger partial charge < -0.3 is 38.8 Å². The third kappa shape index (κ3) is 4.25. The summed E-state index contributed by atoms with van der Waals surface area (Å²) in [5.74, 6) is -1.86. The number of hydrogen-bond donors (Lipinski definition) is 2. The number of carboxylic acid groups (broad SMARTS) is 1. The van der Waals surface area contributed by atoms with Crippen LogP contribution in [-0.2, 0) is 4.74 Å². The second-order valence-electron chi connectivity index (χ2n) is 4.18. The van der Waals surface area contributed by atoms with E-state index in [1.807, 2.05) is 0 Å². The molecule has 10 heteroatoms. The van der Waals surface area contributed by atoms with E-state index in [4.69, 9.17) is 18.9 Å². The number of benzene rings is 1. The molecular weight excluding hydrogens is 294 g/mol. The van der Waals surface area contributed by atoms with Crippen molar-refractivity contribution in [3.63, 3.8) is 0 Å². The minimum atomic E-state index is -3.27. The summed E-state index contributed by atoms with van der Waals surface area (Å²) in [5, 5.41) is 30.1. The van der Waals surface area contributed by atoms with E-state index < -0.39 is 24.8 Å².